The van der Waals surface area contributed by atoms with Crippen molar-refractivity contribution in [3.05, 3.63) is 69.2 Å². The van der Waals surface area contributed by atoms with Gasteiger partial charge in [0.25, 0.3) is 5.91 Å². The third-order valence-electron chi connectivity index (χ3n) is 8.35. The van der Waals surface area contributed by atoms with E-state index in [2.05, 4.69) is 31.2 Å². The zero-order chi connectivity index (χ0) is 31.8. The van der Waals surface area contributed by atoms with Crippen LogP contribution >= 0.6 is 23.2 Å². The Morgan fingerprint density at radius 1 is 1.14 bits per heavy atom. The number of aliphatic imine (C=N–C) groups is 1. The van der Waals surface area contributed by atoms with E-state index in [1.807, 2.05) is 36.1 Å². The summed E-state index contributed by atoms with van der Waals surface area (Å²) in [5.74, 6) is 5.46. The first kappa shape index (κ1) is 34.4. The molecule has 1 atom stereocenters. The topological polar surface area (TPSA) is 135 Å². The Labute approximate surface area is 265 Å². The molecule has 11 heteroatoms. The monoisotopic (exact) mass is 630 g/mol. The molecule has 43 heavy (non-hydrogen) atoms. The molecule has 1 aliphatic carbocycles. The van der Waals surface area contributed by atoms with Gasteiger partial charge in [-0.2, -0.15) is 5.10 Å². The molecule has 2 amide bonds. The van der Waals surface area contributed by atoms with Crippen LogP contribution in [-0.2, 0) is 9.53 Å². The normalized spacial score (nSPS) is 20.4. The van der Waals surface area contributed by atoms with Gasteiger partial charge in [-0.05, 0) is 91.8 Å². The number of carbonyl (C=O) groups is 2. The minimum absolute atomic E-state index is 0.0414. The number of benzene rings is 2. The van der Waals surface area contributed by atoms with Gasteiger partial charge in [0, 0.05) is 35.0 Å². The molecule has 5 N–H and O–H groups in total. The van der Waals surface area contributed by atoms with Crippen molar-refractivity contribution in [3.63, 3.8) is 0 Å². The van der Waals surface area contributed by atoms with Crippen molar-refractivity contribution in [1.29, 1.82) is 0 Å². The summed E-state index contributed by atoms with van der Waals surface area (Å²) in [7, 11) is 1.64. The molecule has 9 nitrogen and oxygen atoms in total. The fourth-order valence-corrected chi connectivity index (χ4v) is 6.37. The molecule has 1 aliphatic rings. The van der Waals surface area contributed by atoms with Crippen LogP contribution in [0.1, 0.15) is 87.3 Å². The van der Waals surface area contributed by atoms with Gasteiger partial charge in [0.05, 0.1) is 12.6 Å². The summed E-state index contributed by atoms with van der Waals surface area (Å²) in [4.78, 5) is 32.9. The summed E-state index contributed by atoms with van der Waals surface area (Å²) in [6.45, 7) is 9.20. The highest BCUT2D eigenvalue weighted by atomic mass is 35.5. The molecule has 1 unspecified atom stereocenters. The fourth-order valence-electron chi connectivity index (χ4n) is 5.85. The van der Waals surface area contributed by atoms with E-state index < -0.39 is 5.66 Å². The summed E-state index contributed by atoms with van der Waals surface area (Å²) in [5.41, 5.74) is 7.83. The molecule has 0 aromatic heterocycles. The van der Waals surface area contributed by atoms with Crippen LogP contribution in [0.4, 0.5) is 0 Å². The lowest BCUT2D eigenvalue weighted by atomic mass is 9.69. The first-order valence-corrected chi connectivity index (χ1v) is 15.2. The molecule has 2 aromatic carbocycles. The average molecular weight is 632 g/mol. The van der Waals surface area contributed by atoms with Crippen LogP contribution in [0, 0.1) is 11.3 Å². The van der Waals surface area contributed by atoms with Crippen LogP contribution in [0.2, 0.25) is 10.0 Å². The molecule has 1 fully saturated rings. The van der Waals surface area contributed by atoms with Crippen LogP contribution in [0.5, 0.6) is 0 Å². The number of nitrogens with one attached hydrogen (secondary N) is 1. The van der Waals surface area contributed by atoms with E-state index in [4.69, 9.17) is 44.5 Å². The second-order valence-electron chi connectivity index (χ2n) is 12.2. The predicted molar refractivity (Wildman–Crippen MR) is 175 cm³/mol. The standard InChI is InChI=1S/C32H44Cl2N6O3/c1-21(24-16-26(33)18-27(34)17-24)38-32(13-10-25(11-14-32)31(2,3)4)40(20-41)28(12-15-43-5)22-6-8-23(9-7-22)30(42)37-19-29(35)39-36/h6-9,16-18,20,25,28H,10-15,19,36H2,1-5H3,(H2,35,39)(H,37,42)/b38-21+. The van der Waals surface area contributed by atoms with Crippen molar-refractivity contribution >= 4 is 47.1 Å². The van der Waals surface area contributed by atoms with Crippen molar-refractivity contribution in [2.75, 3.05) is 20.3 Å². The van der Waals surface area contributed by atoms with Gasteiger partial charge in [0.2, 0.25) is 6.41 Å². The highest BCUT2D eigenvalue weighted by Crippen LogP contribution is 2.47. The van der Waals surface area contributed by atoms with Gasteiger partial charge in [0.1, 0.15) is 11.5 Å². The van der Waals surface area contributed by atoms with Crippen molar-refractivity contribution in [2.45, 2.75) is 71.5 Å². The van der Waals surface area contributed by atoms with E-state index in [9.17, 15) is 9.59 Å². The van der Waals surface area contributed by atoms with Crippen molar-refractivity contribution < 1.29 is 14.3 Å². The Hall–Kier alpha value is -3.14. The highest BCUT2D eigenvalue weighted by molar-refractivity contribution is 6.35. The van der Waals surface area contributed by atoms with E-state index >= 15 is 0 Å². The summed E-state index contributed by atoms with van der Waals surface area (Å²) >= 11 is 12.7. The molecule has 0 saturated heterocycles. The Morgan fingerprint density at radius 2 is 1.74 bits per heavy atom. The number of methoxy groups -OCH3 is 1. The highest BCUT2D eigenvalue weighted by Gasteiger charge is 2.45. The minimum Gasteiger partial charge on any atom is -0.385 e. The Kier molecular flexibility index (Phi) is 12.0. The smallest absolute Gasteiger partial charge is 0.251 e. The molecule has 1 saturated carbocycles. The fraction of sp³-hybridized carbons (Fsp3) is 0.500. The molecular weight excluding hydrogens is 587 g/mol. The second kappa shape index (κ2) is 15.0. The molecule has 234 valence electrons. The van der Waals surface area contributed by atoms with Gasteiger partial charge < -0.3 is 26.5 Å². The predicted octanol–water partition coefficient (Wildman–Crippen LogP) is 5.93. The quantitative estimate of drug-likeness (QED) is 0.0877. The summed E-state index contributed by atoms with van der Waals surface area (Å²) in [5, 5.41) is 7.11. The number of carbonyl (C=O) groups excluding carboxylic acids is 2. The zero-order valence-corrected chi connectivity index (χ0v) is 27.2. The SMILES string of the molecule is COCCC(c1ccc(C(=O)NC/C(N)=N/N)cc1)N(C=O)C1(/N=C(\C)c2cc(Cl)cc(Cl)c2)CCC(C(C)(C)C)CC1. The Balaban J connectivity index is 2.04. The maximum absolute atomic E-state index is 13.1. The van der Waals surface area contributed by atoms with Crippen molar-refractivity contribution in [1.82, 2.24) is 10.2 Å². The molecular formula is C32H44Cl2N6O3. The maximum Gasteiger partial charge on any atom is 0.251 e. The number of nitrogens with zero attached hydrogens (tertiary/aromatic N) is 3. The van der Waals surface area contributed by atoms with Gasteiger partial charge in [-0.15, -0.1) is 0 Å². The van der Waals surface area contributed by atoms with Crippen LogP contribution in [0.3, 0.4) is 0 Å². The molecule has 0 heterocycles. The molecule has 0 radical (unpaired) electrons. The Morgan fingerprint density at radius 3 is 2.26 bits per heavy atom. The van der Waals surface area contributed by atoms with E-state index in [0.29, 0.717) is 47.4 Å². The first-order valence-electron chi connectivity index (χ1n) is 14.5. The van der Waals surface area contributed by atoms with Gasteiger partial charge in [0.15, 0.2) is 0 Å². The lowest BCUT2D eigenvalue weighted by molar-refractivity contribution is -0.130. The van der Waals surface area contributed by atoms with Crippen LogP contribution < -0.4 is 16.9 Å². The number of nitrogens with two attached hydrogens (primary N) is 2. The van der Waals surface area contributed by atoms with Crippen molar-refractivity contribution in [3.8, 4) is 0 Å². The minimum atomic E-state index is -0.796. The number of amidine groups is 1. The number of hydrogen-bond acceptors (Lipinski definition) is 6. The van der Waals surface area contributed by atoms with Crippen LogP contribution in [0.25, 0.3) is 0 Å². The van der Waals surface area contributed by atoms with E-state index in [1.165, 1.54) is 0 Å². The summed E-state index contributed by atoms with van der Waals surface area (Å²) in [6.07, 6.45) is 4.71. The third kappa shape index (κ3) is 8.94. The van der Waals surface area contributed by atoms with Crippen LogP contribution in [0.15, 0.2) is 52.6 Å². The average Bonchev–Trinajstić information content (AvgIpc) is 2.97. The lowest BCUT2D eigenvalue weighted by Crippen LogP contribution is -2.52. The Bertz CT molecular complexity index is 1300. The maximum atomic E-state index is 13.1. The van der Waals surface area contributed by atoms with E-state index in [0.717, 1.165) is 36.1 Å². The number of rotatable bonds is 12. The summed E-state index contributed by atoms with van der Waals surface area (Å²) < 4.78 is 5.47. The molecule has 0 aliphatic heterocycles. The van der Waals surface area contributed by atoms with E-state index in [-0.39, 0.29) is 29.7 Å². The van der Waals surface area contributed by atoms with E-state index in [1.54, 1.807) is 25.3 Å². The number of amides is 2. The van der Waals surface area contributed by atoms with Gasteiger partial charge in [-0.3, -0.25) is 14.6 Å². The number of halogens is 2. The van der Waals surface area contributed by atoms with Crippen LogP contribution in [-0.4, -0.2) is 54.7 Å². The first-order chi connectivity index (χ1) is 20.3. The van der Waals surface area contributed by atoms with Gasteiger partial charge in [-0.1, -0.05) is 56.1 Å². The molecule has 0 bridgehead atoms. The van der Waals surface area contributed by atoms with Gasteiger partial charge >= 0.3 is 0 Å². The molecule has 3 rings (SSSR count). The summed E-state index contributed by atoms with van der Waals surface area (Å²) in [6, 6.07) is 12.2. The third-order valence-corrected chi connectivity index (χ3v) is 8.78. The number of ether oxygens (including phenoxy) is 1. The zero-order valence-electron chi connectivity index (χ0n) is 25.7. The van der Waals surface area contributed by atoms with Gasteiger partial charge in [-0.25, -0.2) is 0 Å². The molecule has 0 spiro atoms. The van der Waals surface area contributed by atoms with Crippen molar-refractivity contribution in [2.24, 2.45) is 33.0 Å². The lowest BCUT2D eigenvalue weighted by Gasteiger charge is -2.49. The second-order valence-corrected chi connectivity index (χ2v) is 13.1. The largest absolute Gasteiger partial charge is 0.385 e. The number of hydrazone groups is 1. The number of hydrogen-bond donors (Lipinski definition) is 3. The molecule has 2 aromatic rings.